The molecule has 1 aliphatic heterocycles. The van der Waals surface area contributed by atoms with Crippen LogP contribution in [-0.4, -0.2) is 12.7 Å². The van der Waals surface area contributed by atoms with Crippen LogP contribution in [0.3, 0.4) is 0 Å². The molecule has 2 heterocycles. The summed E-state index contributed by atoms with van der Waals surface area (Å²) in [6.45, 7) is 2.98. The lowest BCUT2D eigenvalue weighted by atomic mass is 10.1. The highest BCUT2D eigenvalue weighted by atomic mass is 32.1. The maximum Gasteiger partial charge on any atom is 0.172 e. The summed E-state index contributed by atoms with van der Waals surface area (Å²) in [5.41, 5.74) is 0. The fraction of sp³-hybridized carbons (Fsp3) is 0.714. The zero-order valence-electron chi connectivity index (χ0n) is 10.6. The molecular weight excluding hydrogens is 232 g/mol. The molecule has 0 aliphatic carbocycles. The molecule has 0 N–H and O–H groups in total. The van der Waals surface area contributed by atoms with Gasteiger partial charge in [0.25, 0.3) is 0 Å². The van der Waals surface area contributed by atoms with Gasteiger partial charge in [-0.05, 0) is 12.8 Å². The maximum atomic E-state index is 5.89. The Morgan fingerprint density at radius 3 is 2.76 bits per heavy atom. The summed E-state index contributed by atoms with van der Waals surface area (Å²) in [6.07, 6.45) is 9.43. The van der Waals surface area contributed by atoms with Crippen molar-refractivity contribution in [2.75, 3.05) is 6.61 Å². The van der Waals surface area contributed by atoms with E-state index in [2.05, 4.69) is 6.92 Å². The second-order valence-corrected chi connectivity index (χ2v) is 5.45. The molecule has 0 saturated carbocycles. The van der Waals surface area contributed by atoms with E-state index in [1.807, 2.05) is 10.8 Å². The van der Waals surface area contributed by atoms with Gasteiger partial charge in [0.1, 0.15) is 12.7 Å². The summed E-state index contributed by atoms with van der Waals surface area (Å²) in [7, 11) is 0. The van der Waals surface area contributed by atoms with Gasteiger partial charge < -0.3 is 9.47 Å². The molecule has 17 heavy (non-hydrogen) atoms. The predicted octanol–water partition coefficient (Wildman–Crippen LogP) is 4.64. The quantitative estimate of drug-likeness (QED) is 0.660. The fourth-order valence-corrected chi connectivity index (χ4v) is 2.83. The maximum absolute atomic E-state index is 5.89. The Balaban J connectivity index is 1.59. The van der Waals surface area contributed by atoms with Crippen LogP contribution in [0.5, 0.6) is 11.5 Å². The molecule has 0 bridgehead atoms. The largest absolute Gasteiger partial charge is 0.485 e. The summed E-state index contributed by atoms with van der Waals surface area (Å²) in [6, 6.07) is 0. The standard InChI is InChI=1S/C14H22O2S/c1-2-3-4-5-6-7-8-12-9-15-13-10-17-11-14(13)16-12/h10-12H,2-9H2,1H3. The van der Waals surface area contributed by atoms with E-state index in [1.54, 1.807) is 11.3 Å². The first-order valence-corrected chi connectivity index (χ1v) is 7.70. The van der Waals surface area contributed by atoms with Gasteiger partial charge in [-0.15, -0.1) is 11.3 Å². The summed E-state index contributed by atoms with van der Waals surface area (Å²) in [5, 5.41) is 4.04. The summed E-state index contributed by atoms with van der Waals surface area (Å²) >= 11 is 1.64. The van der Waals surface area contributed by atoms with Crippen LogP contribution >= 0.6 is 11.3 Å². The van der Waals surface area contributed by atoms with Crippen LogP contribution in [0.1, 0.15) is 51.9 Å². The van der Waals surface area contributed by atoms with E-state index in [-0.39, 0.29) is 6.10 Å². The Hall–Kier alpha value is -0.700. The molecule has 0 aromatic carbocycles. The van der Waals surface area contributed by atoms with E-state index in [0.717, 1.165) is 24.5 Å². The molecule has 3 heteroatoms. The second-order valence-electron chi connectivity index (χ2n) is 4.71. The zero-order valence-corrected chi connectivity index (χ0v) is 11.4. The summed E-state index contributed by atoms with van der Waals surface area (Å²) in [5.74, 6) is 1.87. The van der Waals surface area contributed by atoms with Crippen LogP contribution in [0.25, 0.3) is 0 Å². The molecule has 2 rings (SSSR count). The van der Waals surface area contributed by atoms with Crippen molar-refractivity contribution in [1.29, 1.82) is 0 Å². The van der Waals surface area contributed by atoms with Crippen molar-refractivity contribution in [3.05, 3.63) is 10.8 Å². The zero-order chi connectivity index (χ0) is 11.9. The van der Waals surface area contributed by atoms with Crippen LogP contribution in [0, 0.1) is 0 Å². The topological polar surface area (TPSA) is 18.5 Å². The summed E-state index contributed by atoms with van der Waals surface area (Å²) in [4.78, 5) is 0. The number of rotatable bonds is 7. The summed E-state index contributed by atoms with van der Waals surface area (Å²) < 4.78 is 11.5. The lowest BCUT2D eigenvalue weighted by molar-refractivity contribution is 0.0842. The molecule has 1 atom stereocenters. The number of hydrogen-bond acceptors (Lipinski definition) is 3. The highest BCUT2D eigenvalue weighted by Gasteiger charge is 2.20. The van der Waals surface area contributed by atoms with Gasteiger partial charge in [-0.1, -0.05) is 39.0 Å². The molecule has 1 aromatic heterocycles. The minimum atomic E-state index is 0.267. The van der Waals surface area contributed by atoms with Crippen LogP contribution in [0.2, 0.25) is 0 Å². The first-order valence-electron chi connectivity index (χ1n) is 6.75. The van der Waals surface area contributed by atoms with E-state index in [0.29, 0.717) is 0 Å². The van der Waals surface area contributed by atoms with E-state index < -0.39 is 0 Å². The Morgan fingerprint density at radius 2 is 1.88 bits per heavy atom. The van der Waals surface area contributed by atoms with Crippen molar-refractivity contribution in [2.45, 2.75) is 58.0 Å². The van der Waals surface area contributed by atoms with Gasteiger partial charge in [0, 0.05) is 10.8 Å². The molecule has 1 aliphatic rings. The molecule has 0 radical (unpaired) electrons. The van der Waals surface area contributed by atoms with Crippen molar-refractivity contribution in [1.82, 2.24) is 0 Å². The fourth-order valence-electron chi connectivity index (χ4n) is 2.16. The Bertz CT molecular complexity index is 322. The lowest BCUT2D eigenvalue weighted by Gasteiger charge is -2.24. The first kappa shape index (κ1) is 12.7. The minimum absolute atomic E-state index is 0.267. The van der Waals surface area contributed by atoms with Gasteiger partial charge in [-0.2, -0.15) is 0 Å². The van der Waals surface area contributed by atoms with Gasteiger partial charge in [-0.3, -0.25) is 0 Å². The number of thiophene rings is 1. The molecule has 1 unspecified atom stereocenters. The molecule has 0 spiro atoms. The smallest absolute Gasteiger partial charge is 0.172 e. The van der Waals surface area contributed by atoms with Crippen LogP contribution in [0.15, 0.2) is 10.8 Å². The van der Waals surface area contributed by atoms with Crippen LogP contribution in [-0.2, 0) is 0 Å². The molecule has 0 saturated heterocycles. The molecule has 96 valence electrons. The molecule has 2 nitrogen and oxygen atoms in total. The van der Waals surface area contributed by atoms with E-state index in [9.17, 15) is 0 Å². The number of ether oxygens (including phenoxy) is 2. The Kier molecular flexibility index (Phi) is 5.17. The first-order chi connectivity index (χ1) is 8.40. The van der Waals surface area contributed by atoms with Crippen LogP contribution in [0.4, 0.5) is 0 Å². The van der Waals surface area contributed by atoms with Gasteiger partial charge in [-0.25, -0.2) is 0 Å². The van der Waals surface area contributed by atoms with Crippen LogP contribution < -0.4 is 9.47 Å². The van der Waals surface area contributed by atoms with E-state index in [4.69, 9.17) is 9.47 Å². The van der Waals surface area contributed by atoms with Gasteiger partial charge >= 0.3 is 0 Å². The average Bonchev–Trinajstić information content (AvgIpc) is 2.81. The highest BCUT2D eigenvalue weighted by Crippen LogP contribution is 2.36. The number of fused-ring (bicyclic) bond motifs is 1. The minimum Gasteiger partial charge on any atom is -0.485 e. The van der Waals surface area contributed by atoms with Crippen molar-refractivity contribution in [3.8, 4) is 11.5 Å². The Morgan fingerprint density at radius 1 is 1.12 bits per heavy atom. The molecular formula is C14H22O2S. The van der Waals surface area contributed by atoms with Gasteiger partial charge in [0.2, 0.25) is 0 Å². The predicted molar refractivity (Wildman–Crippen MR) is 72.2 cm³/mol. The molecule has 0 amide bonds. The normalized spacial score (nSPS) is 18.3. The van der Waals surface area contributed by atoms with Gasteiger partial charge in [0.15, 0.2) is 11.5 Å². The number of hydrogen-bond donors (Lipinski definition) is 0. The number of unbranched alkanes of at least 4 members (excludes halogenated alkanes) is 5. The molecule has 1 aromatic rings. The van der Waals surface area contributed by atoms with Crippen molar-refractivity contribution >= 4 is 11.3 Å². The third-order valence-electron chi connectivity index (χ3n) is 3.19. The van der Waals surface area contributed by atoms with E-state index in [1.165, 1.54) is 38.5 Å². The van der Waals surface area contributed by atoms with Crippen molar-refractivity contribution in [3.63, 3.8) is 0 Å². The van der Waals surface area contributed by atoms with Crippen molar-refractivity contribution in [2.24, 2.45) is 0 Å². The highest BCUT2D eigenvalue weighted by molar-refractivity contribution is 7.08. The SMILES string of the molecule is CCCCCCCCC1COc2cscc2O1. The lowest BCUT2D eigenvalue weighted by Crippen LogP contribution is -2.28. The Labute approximate surface area is 108 Å². The van der Waals surface area contributed by atoms with Gasteiger partial charge in [0.05, 0.1) is 0 Å². The van der Waals surface area contributed by atoms with Crippen molar-refractivity contribution < 1.29 is 9.47 Å². The monoisotopic (exact) mass is 254 g/mol. The second kappa shape index (κ2) is 6.90. The third-order valence-corrected chi connectivity index (χ3v) is 3.89. The third kappa shape index (κ3) is 3.91. The average molecular weight is 254 g/mol. The van der Waals surface area contributed by atoms with E-state index >= 15 is 0 Å². The molecule has 0 fully saturated rings.